The topological polar surface area (TPSA) is 167 Å². The Kier molecular flexibility index (Phi) is 10.7. The lowest BCUT2D eigenvalue weighted by Crippen LogP contribution is -2.66. The van der Waals surface area contributed by atoms with Gasteiger partial charge in [-0.05, 0) is 92.6 Å². The SMILES string of the molecule is N#Cc1ccc(NC(=O)C2(n3cc(-c4ccc(N5CCC(N6CC(N7CCN(c8ccc9c(c8)C(=O)N(C8CCC(=O)NC8=O)C9=O)CC7)C6)CC5)cc4)cn3)CCC2)cc1C(F)(F)F. The van der Waals surface area contributed by atoms with Gasteiger partial charge in [0.2, 0.25) is 11.8 Å². The van der Waals surface area contributed by atoms with E-state index < -0.39 is 58.4 Å². The first-order chi connectivity index (χ1) is 31.3. The largest absolute Gasteiger partial charge is 0.417 e. The lowest BCUT2D eigenvalue weighted by Gasteiger charge is -2.52. The Morgan fingerprint density at radius 1 is 0.785 bits per heavy atom. The van der Waals surface area contributed by atoms with Gasteiger partial charge in [-0.3, -0.25) is 48.7 Å². The minimum atomic E-state index is -4.73. The van der Waals surface area contributed by atoms with Gasteiger partial charge in [-0.15, -0.1) is 0 Å². The number of piperazine rings is 1. The van der Waals surface area contributed by atoms with Crippen LogP contribution >= 0.6 is 0 Å². The van der Waals surface area contributed by atoms with Crippen LogP contribution in [0.5, 0.6) is 0 Å². The van der Waals surface area contributed by atoms with E-state index in [0.717, 1.165) is 111 Å². The summed E-state index contributed by atoms with van der Waals surface area (Å²) < 4.78 is 42.3. The highest BCUT2D eigenvalue weighted by molar-refractivity contribution is 6.23. The molecule has 1 aromatic heterocycles. The van der Waals surface area contributed by atoms with Crippen molar-refractivity contribution in [2.75, 3.05) is 67.5 Å². The molecule has 5 aliphatic heterocycles. The predicted molar refractivity (Wildman–Crippen MR) is 232 cm³/mol. The summed E-state index contributed by atoms with van der Waals surface area (Å²) in [5, 5.41) is 18.6. The van der Waals surface area contributed by atoms with E-state index in [1.165, 1.54) is 6.07 Å². The van der Waals surface area contributed by atoms with E-state index in [2.05, 4.69) is 47.5 Å². The van der Waals surface area contributed by atoms with Crippen LogP contribution in [0.2, 0.25) is 0 Å². The molecule has 15 nitrogen and oxygen atoms in total. The number of imide groups is 2. The van der Waals surface area contributed by atoms with Crippen LogP contribution in [-0.4, -0.2) is 124 Å². The number of aromatic nitrogens is 2. The third-order valence-corrected chi connectivity index (χ3v) is 14.4. The van der Waals surface area contributed by atoms with Crippen molar-refractivity contribution in [2.24, 2.45) is 0 Å². The smallest absolute Gasteiger partial charge is 0.371 e. The number of alkyl halides is 3. The van der Waals surface area contributed by atoms with Crippen molar-refractivity contribution < 1.29 is 37.1 Å². The first-order valence-corrected chi connectivity index (χ1v) is 22.2. The third kappa shape index (κ3) is 7.69. The highest BCUT2D eigenvalue weighted by Crippen LogP contribution is 2.42. The van der Waals surface area contributed by atoms with Gasteiger partial charge in [0.15, 0.2) is 0 Å². The van der Waals surface area contributed by atoms with Crippen LogP contribution in [0.1, 0.15) is 76.8 Å². The normalized spacial score (nSPS) is 22.0. The second-order valence-electron chi connectivity index (χ2n) is 18.0. The van der Waals surface area contributed by atoms with E-state index in [4.69, 9.17) is 5.26 Å². The molecule has 6 aliphatic rings. The number of hydrogen-bond acceptors (Lipinski definition) is 11. The fraction of sp³-hybridized carbons (Fsp3) is 0.426. The molecule has 18 heteroatoms. The molecule has 0 spiro atoms. The second kappa shape index (κ2) is 16.4. The number of nitriles is 1. The van der Waals surface area contributed by atoms with Crippen LogP contribution in [0.25, 0.3) is 11.1 Å². The summed E-state index contributed by atoms with van der Waals surface area (Å²) in [6, 6.07) is 18.4. The van der Waals surface area contributed by atoms with E-state index in [9.17, 15) is 37.1 Å². The molecule has 6 heterocycles. The summed E-state index contributed by atoms with van der Waals surface area (Å²) in [5.41, 5.74) is 1.72. The van der Waals surface area contributed by atoms with Gasteiger partial charge >= 0.3 is 6.18 Å². The average Bonchev–Trinajstić information content (AvgIpc) is 3.85. The summed E-state index contributed by atoms with van der Waals surface area (Å²) in [5.74, 6) is -2.45. The van der Waals surface area contributed by atoms with Gasteiger partial charge in [0.25, 0.3) is 17.7 Å². The van der Waals surface area contributed by atoms with Crippen LogP contribution in [0.4, 0.5) is 30.2 Å². The second-order valence-corrected chi connectivity index (χ2v) is 18.0. The minimum absolute atomic E-state index is 0.0275. The van der Waals surface area contributed by atoms with Gasteiger partial charge < -0.3 is 15.1 Å². The van der Waals surface area contributed by atoms with Crippen molar-refractivity contribution in [1.82, 2.24) is 29.8 Å². The number of carbonyl (C=O) groups excluding carboxylic acids is 5. The lowest BCUT2D eigenvalue weighted by molar-refractivity contribution is -0.138. The molecule has 10 rings (SSSR count). The molecular formula is C47H47F3N10O5. The van der Waals surface area contributed by atoms with Gasteiger partial charge in [-0.1, -0.05) is 12.1 Å². The van der Waals surface area contributed by atoms with Crippen LogP contribution < -0.4 is 20.4 Å². The van der Waals surface area contributed by atoms with Gasteiger partial charge in [0.05, 0.1) is 34.5 Å². The molecule has 1 atom stereocenters. The molecule has 1 aliphatic carbocycles. The van der Waals surface area contributed by atoms with Crippen LogP contribution in [0, 0.1) is 11.3 Å². The fourth-order valence-electron chi connectivity index (χ4n) is 10.4. The molecule has 1 unspecified atom stereocenters. The highest BCUT2D eigenvalue weighted by Gasteiger charge is 2.48. The third-order valence-electron chi connectivity index (χ3n) is 14.4. The van der Waals surface area contributed by atoms with Crippen LogP contribution in [0.15, 0.2) is 73.1 Å². The van der Waals surface area contributed by atoms with Crippen molar-refractivity contribution in [1.29, 1.82) is 5.26 Å². The number of benzene rings is 3. The zero-order valence-electron chi connectivity index (χ0n) is 35.5. The van der Waals surface area contributed by atoms with E-state index in [0.29, 0.717) is 30.5 Å². The van der Waals surface area contributed by atoms with E-state index >= 15 is 0 Å². The van der Waals surface area contributed by atoms with E-state index in [1.54, 1.807) is 29.1 Å². The fourth-order valence-corrected chi connectivity index (χ4v) is 10.4. The zero-order chi connectivity index (χ0) is 45.2. The first kappa shape index (κ1) is 42.4. The summed E-state index contributed by atoms with van der Waals surface area (Å²) in [6.07, 6.45) is 2.91. The zero-order valence-corrected chi connectivity index (χ0v) is 35.5. The Bertz CT molecular complexity index is 2620. The first-order valence-electron chi connectivity index (χ1n) is 22.2. The molecule has 4 saturated heterocycles. The molecule has 336 valence electrons. The molecule has 3 aromatic carbocycles. The molecule has 2 N–H and O–H groups in total. The van der Waals surface area contributed by atoms with Crippen molar-refractivity contribution in [3.63, 3.8) is 0 Å². The van der Waals surface area contributed by atoms with Crippen molar-refractivity contribution >= 4 is 46.6 Å². The number of halogens is 3. The quantitative estimate of drug-likeness (QED) is 0.221. The van der Waals surface area contributed by atoms with Gasteiger partial charge in [-0.25, -0.2) is 0 Å². The maximum atomic E-state index is 13.6. The summed E-state index contributed by atoms with van der Waals surface area (Å²) in [7, 11) is 0. The van der Waals surface area contributed by atoms with Gasteiger partial charge in [-0.2, -0.15) is 23.5 Å². The number of piperidine rings is 2. The standard InChI is InChI=1S/C47H47F3N10O5/c48-47(49,50)39-22-32(5-2-30(39)24-51)53-45(65)46(14-1-15-46)59-26-31(25-52-59)29-3-6-33(7-4-29)55-16-12-34(13-17-55)58-27-36(28-58)57-20-18-56(19-21-57)35-8-9-37-38(23-35)44(64)60(43(37)63)40-10-11-41(61)54-42(40)62/h2-9,22-23,25-26,34,36,40H,1,10-21,27-28H2,(H,53,65)(H,54,61,62). The minimum Gasteiger partial charge on any atom is -0.371 e. The number of carbonyl (C=O) groups is 5. The number of nitrogens with one attached hydrogen (secondary N) is 2. The van der Waals surface area contributed by atoms with Crippen molar-refractivity contribution in [2.45, 2.75) is 74.8 Å². The van der Waals surface area contributed by atoms with Crippen molar-refractivity contribution in [3.05, 3.63) is 95.3 Å². The Morgan fingerprint density at radius 2 is 1.48 bits per heavy atom. The molecule has 65 heavy (non-hydrogen) atoms. The Labute approximate surface area is 372 Å². The Morgan fingerprint density at radius 3 is 2.14 bits per heavy atom. The van der Waals surface area contributed by atoms with E-state index in [1.807, 2.05) is 24.4 Å². The van der Waals surface area contributed by atoms with Crippen LogP contribution in [-0.2, 0) is 26.1 Å². The summed E-state index contributed by atoms with van der Waals surface area (Å²) in [6.45, 7) is 7.35. The number of anilines is 3. The number of hydrogen-bond donors (Lipinski definition) is 2. The van der Waals surface area contributed by atoms with Gasteiger partial charge in [0.1, 0.15) is 11.6 Å². The molecule has 0 radical (unpaired) electrons. The number of rotatable bonds is 9. The van der Waals surface area contributed by atoms with Gasteiger partial charge in [0, 0.05) is 99.7 Å². The van der Waals surface area contributed by atoms with E-state index in [-0.39, 0.29) is 24.1 Å². The average molecular weight is 889 g/mol. The summed E-state index contributed by atoms with van der Waals surface area (Å²) >= 11 is 0. The van der Waals surface area contributed by atoms with Crippen molar-refractivity contribution in [3.8, 4) is 17.2 Å². The maximum absolute atomic E-state index is 13.6. The number of fused-ring (bicyclic) bond motifs is 1. The Balaban J connectivity index is 0.685. The Hall–Kier alpha value is -6.58. The molecule has 5 fully saturated rings. The molecule has 4 aromatic rings. The number of nitrogens with zero attached hydrogens (tertiary/aromatic N) is 8. The predicted octanol–water partition coefficient (Wildman–Crippen LogP) is 4.83. The maximum Gasteiger partial charge on any atom is 0.417 e. The molecular weight excluding hydrogens is 842 g/mol. The molecule has 1 saturated carbocycles. The summed E-state index contributed by atoms with van der Waals surface area (Å²) in [4.78, 5) is 75.0. The monoisotopic (exact) mass is 888 g/mol. The molecule has 5 amide bonds. The number of amides is 5. The number of likely N-dealkylation sites (tertiary alicyclic amines) is 1. The lowest BCUT2D eigenvalue weighted by atomic mass is 9.76. The highest BCUT2D eigenvalue weighted by atomic mass is 19.4. The van der Waals surface area contributed by atoms with Crippen LogP contribution in [0.3, 0.4) is 0 Å². The molecule has 0 bridgehead atoms.